The number of hydrogen-bond donors (Lipinski definition) is 2. The van der Waals surface area contributed by atoms with Crippen molar-refractivity contribution in [2.75, 3.05) is 36.3 Å². The monoisotopic (exact) mass is 315 g/mol. The molecule has 108 valence electrons. The quantitative estimate of drug-likeness (QED) is 0.761. The molecule has 0 fully saturated rings. The molecule has 0 aliphatic heterocycles. The lowest BCUT2D eigenvalue weighted by molar-refractivity contribution is 0.296. The van der Waals surface area contributed by atoms with Crippen LogP contribution in [-0.2, 0) is 6.54 Å². The van der Waals surface area contributed by atoms with Crippen molar-refractivity contribution in [1.82, 2.24) is 24.8 Å². The number of nitrogens with two attached hydrogens (primary N) is 2. The number of aromatic nitrogens is 4. The molecule has 2 rings (SSSR count). The maximum absolute atomic E-state index is 5.78. The third-order valence-corrected chi connectivity index (χ3v) is 3.03. The molecule has 2 aromatic heterocycles. The predicted octanol–water partition coefficient (Wildman–Crippen LogP) is 0.864. The maximum Gasteiger partial charge on any atom is 0.224 e. The van der Waals surface area contributed by atoms with Gasteiger partial charge in [0.2, 0.25) is 5.95 Å². The molecule has 0 radical (unpaired) electrons. The van der Waals surface area contributed by atoms with E-state index < -0.39 is 0 Å². The molecular weight excluding hydrogens is 301 g/mol. The second-order valence-electron chi connectivity index (χ2n) is 4.15. The summed E-state index contributed by atoms with van der Waals surface area (Å²) in [6, 6.07) is 0. The minimum atomic E-state index is 0.0861. The molecule has 2 aromatic rings. The Morgan fingerprint density at radius 1 is 1.05 bits per heavy atom. The van der Waals surface area contributed by atoms with E-state index in [2.05, 4.69) is 24.8 Å². The molecule has 0 saturated heterocycles. The summed E-state index contributed by atoms with van der Waals surface area (Å²) in [7, 11) is 0. The molecule has 0 unspecified atom stereocenters. The second kappa shape index (κ2) is 6.83. The van der Waals surface area contributed by atoms with Crippen molar-refractivity contribution < 1.29 is 0 Å². The Morgan fingerprint density at radius 3 is 2.40 bits per heavy atom. The summed E-state index contributed by atoms with van der Waals surface area (Å²) in [5, 5.41) is 0. The van der Waals surface area contributed by atoms with E-state index in [1.54, 1.807) is 6.20 Å². The Labute approximate surface area is 126 Å². The highest BCUT2D eigenvalue weighted by Gasteiger charge is 2.10. The Bertz CT molecular complexity index is 586. The lowest BCUT2D eigenvalue weighted by Crippen LogP contribution is -2.28. The standard InChI is InChI=1S/C11H15Cl2N7/c12-1-3-20(4-2-13)6-7-5-16-10-8(17-7)9(14)18-11(15)19-10/h5H,1-4,6H2,(H4,14,15,16,18,19). The molecule has 0 aliphatic carbocycles. The van der Waals surface area contributed by atoms with Crippen molar-refractivity contribution in [3.63, 3.8) is 0 Å². The third kappa shape index (κ3) is 3.56. The number of anilines is 2. The van der Waals surface area contributed by atoms with Gasteiger partial charge < -0.3 is 11.5 Å². The Hall–Kier alpha value is -1.44. The Balaban J connectivity index is 2.26. The lowest BCUT2D eigenvalue weighted by Gasteiger charge is -2.19. The first-order valence-corrected chi connectivity index (χ1v) is 7.10. The zero-order chi connectivity index (χ0) is 14.5. The van der Waals surface area contributed by atoms with Gasteiger partial charge in [-0.25, -0.2) is 9.97 Å². The fourth-order valence-electron chi connectivity index (χ4n) is 1.80. The first-order chi connectivity index (χ1) is 9.63. The predicted molar refractivity (Wildman–Crippen MR) is 80.7 cm³/mol. The van der Waals surface area contributed by atoms with Gasteiger partial charge in [-0.2, -0.15) is 9.97 Å². The highest BCUT2D eigenvalue weighted by atomic mass is 35.5. The van der Waals surface area contributed by atoms with Gasteiger partial charge in [-0.1, -0.05) is 0 Å². The SMILES string of the molecule is Nc1nc(N)c2nc(CN(CCCl)CCCl)cnc2n1. The van der Waals surface area contributed by atoms with Crippen LogP contribution in [0.25, 0.3) is 11.2 Å². The summed E-state index contributed by atoms with van der Waals surface area (Å²) in [6.07, 6.45) is 1.64. The lowest BCUT2D eigenvalue weighted by atomic mass is 10.3. The smallest absolute Gasteiger partial charge is 0.224 e. The van der Waals surface area contributed by atoms with Crippen LogP contribution in [0.1, 0.15) is 5.69 Å². The average Bonchev–Trinajstić information content (AvgIpc) is 2.40. The fourth-order valence-corrected chi connectivity index (χ4v) is 2.28. The van der Waals surface area contributed by atoms with E-state index in [4.69, 9.17) is 34.7 Å². The first-order valence-electron chi connectivity index (χ1n) is 6.03. The number of alkyl halides is 2. The molecule has 4 N–H and O–H groups in total. The van der Waals surface area contributed by atoms with Crippen LogP contribution in [0, 0.1) is 0 Å². The van der Waals surface area contributed by atoms with Gasteiger partial charge >= 0.3 is 0 Å². The van der Waals surface area contributed by atoms with Gasteiger partial charge in [-0.3, -0.25) is 4.90 Å². The molecule has 0 atom stereocenters. The molecule has 20 heavy (non-hydrogen) atoms. The van der Waals surface area contributed by atoms with Crippen LogP contribution < -0.4 is 11.5 Å². The Kier molecular flexibility index (Phi) is 5.11. The van der Waals surface area contributed by atoms with Crippen molar-refractivity contribution >= 4 is 46.1 Å². The number of nitrogen functional groups attached to an aromatic ring is 2. The van der Waals surface area contributed by atoms with Crippen LogP contribution in [0.15, 0.2) is 6.20 Å². The zero-order valence-electron chi connectivity index (χ0n) is 10.8. The minimum Gasteiger partial charge on any atom is -0.382 e. The minimum absolute atomic E-state index is 0.0861. The average molecular weight is 316 g/mol. The largest absolute Gasteiger partial charge is 0.382 e. The number of nitrogens with zero attached hydrogens (tertiary/aromatic N) is 5. The van der Waals surface area contributed by atoms with Crippen molar-refractivity contribution in [3.05, 3.63) is 11.9 Å². The molecule has 0 amide bonds. The van der Waals surface area contributed by atoms with Crippen molar-refractivity contribution in [2.24, 2.45) is 0 Å². The summed E-state index contributed by atoms with van der Waals surface area (Å²) in [5.41, 5.74) is 12.9. The summed E-state index contributed by atoms with van der Waals surface area (Å²) >= 11 is 11.5. The van der Waals surface area contributed by atoms with E-state index in [1.807, 2.05) is 0 Å². The second-order valence-corrected chi connectivity index (χ2v) is 4.91. The number of fused-ring (bicyclic) bond motifs is 1. The van der Waals surface area contributed by atoms with Crippen LogP contribution >= 0.6 is 23.2 Å². The van der Waals surface area contributed by atoms with Crippen molar-refractivity contribution in [2.45, 2.75) is 6.54 Å². The highest BCUT2D eigenvalue weighted by molar-refractivity contribution is 6.18. The third-order valence-electron chi connectivity index (χ3n) is 2.69. The Morgan fingerprint density at radius 2 is 1.75 bits per heavy atom. The van der Waals surface area contributed by atoms with Gasteiger partial charge in [0, 0.05) is 31.4 Å². The van der Waals surface area contributed by atoms with E-state index in [-0.39, 0.29) is 11.8 Å². The van der Waals surface area contributed by atoms with Gasteiger partial charge in [-0.05, 0) is 0 Å². The van der Waals surface area contributed by atoms with Crippen LogP contribution in [0.5, 0.6) is 0 Å². The van der Waals surface area contributed by atoms with Gasteiger partial charge in [-0.15, -0.1) is 23.2 Å². The van der Waals surface area contributed by atoms with E-state index in [0.29, 0.717) is 29.5 Å². The van der Waals surface area contributed by atoms with E-state index in [9.17, 15) is 0 Å². The van der Waals surface area contributed by atoms with Crippen molar-refractivity contribution in [1.29, 1.82) is 0 Å². The van der Waals surface area contributed by atoms with Crippen LogP contribution in [0.2, 0.25) is 0 Å². The molecule has 0 aromatic carbocycles. The molecule has 9 heteroatoms. The topological polar surface area (TPSA) is 107 Å². The fraction of sp³-hybridized carbons (Fsp3) is 0.455. The van der Waals surface area contributed by atoms with Crippen LogP contribution in [0.3, 0.4) is 0 Å². The zero-order valence-corrected chi connectivity index (χ0v) is 12.3. The molecule has 2 heterocycles. The molecule has 7 nitrogen and oxygen atoms in total. The summed E-state index contributed by atoms with van der Waals surface area (Å²) < 4.78 is 0. The molecule has 0 spiro atoms. The highest BCUT2D eigenvalue weighted by Crippen LogP contribution is 2.15. The molecular formula is C11H15Cl2N7. The van der Waals surface area contributed by atoms with Crippen molar-refractivity contribution in [3.8, 4) is 0 Å². The summed E-state index contributed by atoms with van der Waals surface area (Å²) in [6.45, 7) is 2.04. The number of rotatable bonds is 6. The normalized spacial score (nSPS) is 11.3. The summed E-state index contributed by atoms with van der Waals surface area (Å²) in [4.78, 5) is 18.6. The van der Waals surface area contributed by atoms with Crippen LogP contribution in [-0.4, -0.2) is 49.7 Å². The molecule has 0 aliphatic rings. The first kappa shape index (κ1) is 15.0. The van der Waals surface area contributed by atoms with E-state index >= 15 is 0 Å². The van der Waals surface area contributed by atoms with Crippen LogP contribution in [0.4, 0.5) is 11.8 Å². The van der Waals surface area contributed by atoms with Gasteiger partial charge in [0.25, 0.3) is 0 Å². The number of halogens is 2. The molecule has 0 saturated carbocycles. The van der Waals surface area contributed by atoms with E-state index in [0.717, 1.165) is 18.8 Å². The van der Waals surface area contributed by atoms with E-state index in [1.165, 1.54) is 0 Å². The molecule has 0 bridgehead atoms. The van der Waals surface area contributed by atoms with Gasteiger partial charge in [0.1, 0.15) is 0 Å². The summed E-state index contributed by atoms with van der Waals surface area (Å²) in [5.74, 6) is 1.37. The van der Waals surface area contributed by atoms with Gasteiger partial charge in [0.05, 0.1) is 11.9 Å². The van der Waals surface area contributed by atoms with Gasteiger partial charge in [0.15, 0.2) is 17.0 Å². The maximum atomic E-state index is 5.78. The number of hydrogen-bond acceptors (Lipinski definition) is 7.